The zero-order valence-electron chi connectivity index (χ0n) is 9.39. The van der Waals surface area contributed by atoms with Crippen molar-refractivity contribution >= 4 is 5.91 Å². The van der Waals surface area contributed by atoms with Gasteiger partial charge < -0.3 is 10.2 Å². The Balaban J connectivity index is 2.14. The number of likely N-dealkylation sites (tertiary alicyclic amines) is 1. The van der Waals surface area contributed by atoms with Crippen LogP contribution >= 0.6 is 0 Å². The number of piperidine rings is 1. The van der Waals surface area contributed by atoms with E-state index in [-0.39, 0.29) is 11.0 Å². The van der Waals surface area contributed by atoms with Crippen LogP contribution in [0, 0.1) is 5.41 Å². The van der Waals surface area contributed by atoms with Gasteiger partial charge in [0.1, 0.15) is 0 Å². The summed E-state index contributed by atoms with van der Waals surface area (Å²) in [5, 5.41) is 3.51. The fraction of sp³-hybridized carbons (Fsp3) is 0.909. The van der Waals surface area contributed by atoms with Crippen LogP contribution in [0.25, 0.3) is 0 Å². The Morgan fingerprint density at radius 1 is 1.43 bits per heavy atom. The third kappa shape index (κ3) is 1.65. The van der Waals surface area contributed by atoms with Crippen molar-refractivity contribution in [2.24, 2.45) is 5.41 Å². The van der Waals surface area contributed by atoms with Crippen molar-refractivity contribution in [2.75, 3.05) is 20.1 Å². The number of nitrogens with zero attached hydrogens (tertiary/aromatic N) is 1. The molecule has 0 saturated carbocycles. The molecule has 2 saturated heterocycles. The minimum Gasteiger partial charge on any atom is -0.345 e. The Morgan fingerprint density at radius 3 is 2.64 bits per heavy atom. The number of carbonyl (C=O) groups is 1. The lowest BCUT2D eigenvalue weighted by Gasteiger charge is -2.43. The van der Waals surface area contributed by atoms with Gasteiger partial charge in [0, 0.05) is 25.6 Å². The number of hydrogen-bond donors (Lipinski definition) is 1. The summed E-state index contributed by atoms with van der Waals surface area (Å²) in [5.41, 5.74) is 0.463. The molecule has 3 nitrogen and oxygen atoms in total. The largest absolute Gasteiger partial charge is 0.345 e. The average Bonchev–Trinajstić information content (AvgIpc) is 2.24. The van der Waals surface area contributed by atoms with Crippen molar-refractivity contribution in [1.82, 2.24) is 10.2 Å². The van der Waals surface area contributed by atoms with Crippen molar-refractivity contribution in [2.45, 2.75) is 38.6 Å². The highest BCUT2D eigenvalue weighted by Gasteiger charge is 2.46. The first-order valence-electron chi connectivity index (χ1n) is 5.42. The zero-order valence-corrected chi connectivity index (χ0v) is 9.39. The van der Waals surface area contributed by atoms with Gasteiger partial charge in [-0.25, -0.2) is 0 Å². The molecule has 0 aliphatic carbocycles. The van der Waals surface area contributed by atoms with Crippen molar-refractivity contribution in [1.29, 1.82) is 0 Å². The van der Waals surface area contributed by atoms with Gasteiger partial charge in [0.25, 0.3) is 0 Å². The van der Waals surface area contributed by atoms with E-state index in [1.165, 1.54) is 0 Å². The molecule has 1 atom stereocenters. The van der Waals surface area contributed by atoms with Gasteiger partial charge in [-0.2, -0.15) is 0 Å². The van der Waals surface area contributed by atoms with Gasteiger partial charge in [0.15, 0.2) is 0 Å². The number of hydrogen-bond acceptors (Lipinski definition) is 2. The summed E-state index contributed by atoms with van der Waals surface area (Å²) < 4.78 is 0. The molecule has 1 spiro atoms. The lowest BCUT2D eigenvalue weighted by molar-refractivity contribution is -0.126. The average molecular weight is 196 g/mol. The molecule has 3 heteroatoms. The zero-order chi connectivity index (χ0) is 10.4. The molecule has 14 heavy (non-hydrogen) atoms. The van der Waals surface area contributed by atoms with Crippen molar-refractivity contribution in [3.05, 3.63) is 0 Å². The molecule has 2 heterocycles. The smallest absolute Gasteiger partial charge is 0.222 e. The molecule has 2 rings (SSSR count). The molecule has 1 unspecified atom stereocenters. The molecule has 2 aliphatic heterocycles. The third-order valence-electron chi connectivity index (χ3n) is 3.60. The summed E-state index contributed by atoms with van der Waals surface area (Å²) in [7, 11) is 1.92. The van der Waals surface area contributed by atoms with E-state index in [0.717, 1.165) is 32.4 Å². The summed E-state index contributed by atoms with van der Waals surface area (Å²) >= 11 is 0. The first-order chi connectivity index (χ1) is 6.43. The second-order valence-electron chi connectivity index (χ2n) is 5.66. The van der Waals surface area contributed by atoms with Crippen LogP contribution in [0.2, 0.25) is 0 Å². The second-order valence-corrected chi connectivity index (χ2v) is 5.66. The predicted octanol–water partition coefficient (Wildman–Crippen LogP) is 0.997. The second kappa shape index (κ2) is 2.96. The van der Waals surface area contributed by atoms with Crippen LogP contribution in [0.1, 0.15) is 33.1 Å². The van der Waals surface area contributed by atoms with E-state index >= 15 is 0 Å². The van der Waals surface area contributed by atoms with E-state index in [9.17, 15) is 4.79 Å². The van der Waals surface area contributed by atoms with Crippen molar-refractivity contribution in [3.8, 4) is 0 Å². The topological polar surface area (TPSA) is 32.3 Å². The normalized spacial score (nSPS) is 36.8. The van der Waals surface area contributed by atoms with Crippen LogP contribution in [0.15, 0.2) is 0 Å². The number of rotatable bonds is 0. The van der Waals surface area contributed by atoms with Crippen LogP contribution in [-0.4, -0.2) is 36.5 Å². The van der Waals surface area contributed by atoms with Gasteiger partial charge in [-0.15, -0.1) is 0 Å². The van der Waals surface area contributed by atoms with E-state index in [0.29, 0.717) is 5.91 Å². The lowest BCUT2D eigenvalue weighted by Crippen LogP contribution is -2.51. The molecule has 2 fully saturated rings. The van der Waals surface area contributed by atoms with E-state index in [1.807, 2.05) is 11.9 Å². The number of carbonyl (C=O) groups excluding carboxylic acids is 1. The Kier molecular flexibility index (Phi) is 2.11. The Morgan fingerprint density at radius 2 is 2.14 bits per heavy atom. The first-order valence-corrected chi connectivity index (χ1v) is 5.42. The van der Waals surface area contributed by atoms with Gasteiger partial charge in [0.05, 0.1) is 0 Å². The summed E-state index contributed by atoms with van der Waals surface area (Å²) in [6, 6.07) is 0. The summed E-state index contributed by atoms with van der Waals surface area (Å²) in [5.74, 6) is 0.322. The molecule has 80 valence electrons. The maximum atomic E-state index is 11.6. The first kappa shape index (κ1) is 9.97. The van der Waals surface area contributed by atoms with E-state index in [2.05, 4.69) is 19.2 Å². The highest BCUT2D eigenvalue weighted by atomic mass is 16.2. The highest BCUT2D eigenvalue weighted by Crippen LogP contribution is 2.43. The van der Waals surface area contributed by atoms with E-state index in [4.69, 9.17) is 0 Å². The van der Waals surface area contributed by atoms with Crippen LogP contribution < -0.4 is 5.32 Å². The Bertz CT molecular complexity index is 262. The molecule has 2 aliphatic rings. The molecule has 0 bridgehead atoms. The molecule has 0 aromatic rings. The highest BCUT2D eigenvalue weighted by molar-refractivity contribution is 5.79. The van der Waals surface area contributed by atoms with Crippen molar-refractivity contribution in [3.63, 3.8) is 0 Å². The van der Waals surface area contributed by atoms with Gasteiger partial charge >= 0.3 is 0 Å². The molecule has 0 aromatic carbocycles. The molecule has 0 radical (unpaired) electrons. The fourth-order valence-electron chi connectivity index (χ4n) is 3.14. The van der Waals surface area contributed by atoms with Gasteiger partial charge in [0.2, 0.25) is 5.91 Å². The van der Waals surface area contributed by atoms with Crippen molar-refractivity contribution < 1.29 is 4.79 Å². The van der Waals surface area contributed by atoms with E-state index < -0.39 is 0 Å². The summed E-state index contributed by atoms with van der Waals surface area (Å²) in [4.78, 5) is 13.5. The van der Waals surface area contributed by atoms with Crippen LogP contribution in [0.3, 0.4) is 0 Å². The van der Waals surface area contributed by atoms with Crippen LogP contribution in [-0.2, 0) is 4.79 Å². The molecular formula is C11H20N2O. The maximum Gasteiger partial charge on any atom is 0.222 e. The molecular weight excluding hydrogens is 176 g/mol. The molecule has 1 N–H and O–H groups in total. The minimum absolute atomic E-state index is 0.198. The Labute approximate surface area is 85.8 Å². The summed E-state index contributed by atoms with van der Waals surface area (Å²) in [6.45, 7) is 6.47. The SMILES string of the molecule is CN1CC2(CCNC(C)(C)C2)CC1=O. The summed E-state index contributed by atoms with van der Waals surface area (Å²) in [6.07, 6.45) is 3.02. The van der Waals surface area contributed by atoms with Crippen LogP contribution in [0.4, 0.5) is 0 Å². The fourth-order valence-corrected chi connectivity index (χ4v) is 3.14. The molecule has 0 aromatic heterocycles. The number of nitrogens with one attached hydrogen (secondary N) is 1. The number of amides is 1. The standard InChI is InChI=1S/C11H20N2O/c1-10(2)7-11(4-5-12-10)6-9(14)13(3)8-11/h12H,4-8H2,1-3H3. The Hall–Kier alpha value is -0.570. The minimum atomic E-state index is 0.198. The predicted molar refractivity (Wildman–Crippen MR) is 56.0 cm³/mol. The van der Waals surface area contributed by atoms with Gasteiger partial charge in [-0.1, -0.05) is 0 Å². The van der Waals surface area contributed by atoms with Crippen LogP contribution in [0.5, 0.6) is 0 Å². The monoisotopic (exact) mass is 196 g/mol. The maximum absolute atomic E-state index is 11.6. The third-order valence-corrected chi connectivity index (χ3v) is 3.60. The van der Waals surface area contributed by atoms with Gasteiger partial charge in [-0.3, -0.25) is 4.79 Å². The van der Waals surface area contributed by atoms with Gasteiger partial charge in [-0.05, 0) is 38.6 Å². The lowest BCUT2D eigenvalue weighted by atomic mass is 9.71. The molecule has 1 amide bonds. The van der Waals surface area contributed by atoms with E-state index in [1.54, 1.807) is 0 Å². The quantitative estimate of drug-likeness (QED) is 0.627.